The Morgan fingerprint density at radius 2 is 1.62 bits per heavy atom. The molecule has 0 fully saturated rings. The number of ether oxygens (including phenoxy) is 2. The molecule has 2 aromatic carbocycles. The molecule has 0 aliphatic heterocycles. The van der Waals surface area contributed by atoms with Gasteiger partial charge in [0.15, 0.2) is 11.6 Å². The van der Waals surface area contributed by atoms with Crippen molar-refractivity contribution in [3.8, 4) is 11.5 Å². The number of methoxy groups -OCH3 is 2. The number of aliphatic hydroxyl groups excluding tert-OH is 1. The van der Waals surface area contributed by atoms with Gasteiger partial charge in [0.2, 0.25) is 0 Å². The first kappa shape index (κ1) is 15.7. The third kappa shape index (κ3) is 3.16. The summed E-state index contributed by atoms with van der Waals surface area (Å²) < 4.78 is 36.8. The molecule has 0 spiro atoms. The zero-order valence-electron chi connectivity index (χ0n) is 11.4. The van der Waals surface area contributed by atoms with E-state index in [1.165, 1.54) is 20.3 Å². The maximum absolute atomic E-state index is 13.6. The Labute approximate surface area is 129 Å². The van der Waals surface area contributed by atoms with Crippen LogP contribution in [0.2, 0.25) is 0 Å². The second-order valence-corrected chi connectivity index (χ2v) is 5.11. The van der Waals surface area contributed by atoms with E-state index in [1.54, 1.807) is 18.2 Å². The second-order valence-electron chi connectivity index (χ2n) is 4.31. The highest BCUT2D eigenvalue weighted by Gasteiger charge is 2.20. The van der Waals surface area contributed by atoms with E-state index in [9.17, 15) is 13.9 Å². The van der Waals surface area contributed by atoms with Gasteiger partial charge in [-0.05, 0) is 39.7 Å². The molecule has 2 aromatic rings. The first-order valence-electron chi connectivity index (χ1n) is 6.02. The molecular formula is C15H13BrF2O3. The molecule has 0 saturated carbocycles. The highest BCUT2D eigenvalue weighted by Crippen LogP contribution is 2.34. The fourth-order valence-corrected chi connectivity index (χ4v) is 2.46. The van der Waals surface area contributed by atoms with Crippen LogP contribution in [0.4, 0.5) is 8.78 Å². The van der Waals surface area contributed by atoms with Crippen molar-refractivity contribution in [1.29, 1.82) is 0 Å². The van der Waals surface area contributed by atoms with Gasteiger partial charge in [0.05, 0.1) is 18.7 Å². The molecule has 3 nitrogen and oxygen atoms in total. The molecule has 112 valence electrons. The summed E-state index contributed by atoms with van der Waals surface area (Å²) in [4.78, 5) is 0. The fourth-order valence-electron chi connectivity index (χ4n) is 1.92. The van der Waals surface area contributed by atoms with Crippen LogP contribution >= 0.6 is 15.9 Å². The van der Waals surface area contributed by atoms with Gasteiger partial charge in [0.25, 0.3) is 0 Å². The Hall–Kier alpha value is -1.66. The van der Waals surface area contributed by atoms with Crippen LogP contribution in [-0.2, 0) is 0 Å². The summed E-state index contributed by atoms with van der Waals surface area (Å²) in [6.07, 6.45) is -1.15. The van der Waals surface area contributed by atoms with Gasteiger partial charge >= 0.3 is 0 Å². The minimum atomic E-state index is -1.15. The lowest BCUT2D eigenvalue weighted by atomic mass is 10.0. The number of hydrogen-bond donors (Lipinski definition) is 1. The number of hydrogen-bond acceptors (Lipinski definition) is 3. The lowest BCUT2D eigenvalue weighted by Gasteiger charge is -2.16. The van der Waals surface area contributed by atoms with Gasteiger partial charge in [-0.25, -0.2) is 8.78 Å². The normalized spacial score (nSPS) is 12.1. The smallest absolute Gasteiger partial charge is 0.173 e. The van der Waals surface area contributed by atoms with E-state index in [4.69, 9.17) is 9.47 Å². The van der Waals surface area contributed by atoms with Crippen molar-refractivity contribution in [2.24, 2.45) is 0 Å². The van der Waals surface area contributed by atoms with Crippen LogP contribution < -0.4 is 9.47 Å². The maximum atomic E-state index is 13.6. The molecule has 6 heteroatoms. The Bertz CT molecular complexity index is 639. The van der Waals surface area contributed by atoms with Gasteiger partial charge < -0.3 is 14.6 Å². The zero-order valence-corrected chi connectivity index (χ0v) is 12.9. The molecule has 1 N–H and O–H groups in total. The number of rotatable bonds is 4. The van der Waals surface area contributed by atoms with E-state index in [1.807, 2.05) is 0 Å². The van der Waals surface area contributed by atoms with E-state index < -0.39 is 17.7 Å². The first-order valence-corrected chi connectivity index (χ1v) is 6.81. The minimum absolute atomic E-state index is 0.114. The standard InChI is InChI=1S/C15H13BrF2O3/c1-20-9-5-8(6-10(7-9)21-2)15(19)11-3-4-12(17)14(18)13(11)16/h3-7,15,19H,1-2H3. The predicted octanol–water partition coefficient (Wildman–Crippen LogP) is 3.83. The van der Waals surface area contributed by atoms with Crippen molar-refractivity contribution in [2.75, 3.05) is 14.2 Å². The number of aliphatic hydroxyl groups is 1. The topological polar surface area (TPSA) is 38.7 Å². The summed E-state index contributed by atoms with van der Waals surface area (Å²) in [6.45, 7) is 0. The molecule has 0 radical (unpaired) electrons. The third-order valence-corrected chi connectivity index (χ3v) is 3.86. The summed E-state index contributed by atoms with van der Waals surface area (Å²) in [5, 5.41) is 10.4. The quantitative estimate of drug-likeness (QED) is 0.844. The van der Waals surface area contributed by atoms with Crippen LogP contribution in [0.15, 0.2) is 34.8 Å². The monoisotopic (exact) mass is 358 g/mol. The maximum Gasteiger partial charge on any atom is 0.173 e. The van der Waals surface area contributed by atoms with Gasteiger partial charge in [0, 0.05) is 11.6 Å². The molecule has 2 rings (SSSR count). The predicted molar refractivity (Wildman–Crippen MR) is 77.7 cm³/mol. The first-order chi connectivity index (χ1) is 9.97. The SMILES string of the molecule is COc1cc(OC)cc(C(O)c2ccc(F)c(F)c2Br)c1. The summed E-state index contributed by atoms with van der Waals surface area (Å²) in [5.74, 6) is -1.05. The fraction of sp³-hybridized carbons (Fsp3) is 0.200. The molecule has 0 aliphatic carbocycles. The molecule has 0 amide bonds. The molecule has 1 atom stereocenters. The Morgan fingerprint density at radius 1 is 1.05 bits per heavy atom. The van der Waals surface area contributed by atoms with Crippen LogP contribution in [-0.4, -0.2) is 19.3 Å². The van der Waals surface area contributed by atoms with Crippen LogP contribution in [0.3, 0.4) is 0 Å². The largest absolute Gasteiger partial charge is 0.497 e. The third-order valence-electron chi connectivity index (χ3n) is 3.05. The number of benzene rings is 2. The molecule has 0 bridgehead atoms. The van der Waals surface area contributed by atoms with Crippen molar-refractivity contribution in [3.63, 3.8) is 0 Å². The van der Waals surface area contributed by atoms with Crippen molar-refractivity contribution < 1.29 is 23.4 Å². The molecule has 21 heavy (non-hydrogen) atoms. The summed E-state index contributed by atoms with van der Waals surface area (Å²) in [5.41, 5.74) is 0.655. The van der Waals surface area contributed by atoms with Gasteiger partial charge in [-0.2, -0.15) is 0 Å². The van der Waals surface area contributed by atoms with E-state index in [0.717, 1.165) is 6.07 Å². The summed E-state index contributed by atoms with van der Waals surface area (Å²) in [7, 11) is 2.97. The molecule has 0 aromatic heterocycles. The minimum Gasteiger partial charge on any atom is -0.497 e. The Kier molecular flexibility index (Phi) is 4.80. The van der Waals surface area contributed by atoms with Gasteiger partial charge in [-0.3, -0.25) is 0 Å². The Morgan fingerprint density at radius 3 is 2.14 bits per heavy atom. The second kappa shape index (κ2) is 6.41. The lowest BCUT2D eigenvalue weighted by Crippen LogP contribution is -2.04. The van der Waals surface area contributed by atoms with Crippen LogP contribution in [0.25, 0.3) is 0 Å². The van der Waals surface area contributed by atoms with Crippen molar-refractivity contribution in [1.82, 2.24) is 0 Å². The van der Waals surface area contributed by atoms with Crippen LogP contribution in [0.5, 0.6) is 11.5 Å². The highest BCUT2D eigenvalue weighted by atomic mass is 79.9. The van der Waals surface area contributed by atoms with Crippen molar-refractivity contribution in [3.05, 3.63) is 57.6 Å². The molecule has 0 heterocycles. The Balaban J connectivity index is 2.49. The van der Waals surface area contributed by atoms with E-state index in [0.29, 0.717) is 17.1 Å². The molecule has 0 saturated heterocycles. The van der Waals surface area contributed by atoms with Crippen molar-refractivity contribution in [2.45, 2.75) is 6.10 Å². The number of halogens is 3. The molecular weight excluding hydrogens is 346 g/mol. The van der Waals surface area contributed by atoms with Crippen LogP contribution in [0, 0.1) is 11.6 Å². The van der Waals surface area contributed by atoms with Gasteiger partial charge in [0.1, 0.15) is 17.6 Å². The molecule has 1 unspecified atom stereocenters. The van der Waals surface area contributed by atoms with E-state index in [-0.39, 0.29) is 10.0 Å². The lowest BCUT2D eigenvalue weighted by molar-refractivity contribution is 0.217. The average molecular weight is 359 g/mol. The molecule has 0 aliphatic rings. The summed E-state index contributed by atoms with van der Waals surface area (Å²) >= 11 is 2.96. The highest BCUT2D eigenvalue weighted by molar-refractivity contribution is 9.10. The van der Waals surface area contributed by atoms with E-state index in [2.05, 4.69) is 15.9 Å². The zero-order chi connectivity index (χ0) is 15.6. The van der Waals surface area contributed by atoms with Crippen molar-refractivity contribution >= 4 is 15.9 Å². The summed E-state index contributed by atoms with van der Waals surface area (Å²) in [6, 6.07) is 7.13. The average Bonchev–Trinajstić information content (AvgIpc) is 2.51. The van der Waals surface area contributed by atoms with Gasteiger partial charge in [-0.15, -0.1) is 0 Å². The van der Waals surface area contributed by atoms with Gasteiger partial charge in [-0.1, -0.05) is 6.07 Å². The van der Waals surface area contributed by atoms with E-state index >= 15 is 0 Å². The van der Waals surface area contributed by atoms with Crippen LogP contribution in [0.1, 0.15) is 17.2 Å².